The molecular formula is C10H11ClFN2O. The van der Waals surface area contributed by atoms with E-state index in [0.717, 1.165) is 12.2 Å². The first-order chi connectivity index (χ1) is 7.25. The summed E-state index contributed by atoms with van der Waals surface area (Å²) in [7, 11) is 0. The van der Waals surface area contributed by atoms with Gasteiger partial charge >= 0.3 is 0 Å². The summed E-state index contributed by atoms with van der Waals surface area (Å²) >= 11 is 5.67. The fraction of sp³-hybridized carbons (Fsp3) is 0.300. The van der Waals surface area contributed by atoms with Gasteiger partial charge in [-0.1, -0.05) is 11.6 Å². The first-order valence-corrected chi connectivity index (χ1v) is 5.03. The highest BCUT2D eigenvalue weighted by atomic mass is 35.5. The lowest BCUT2D eigenvalue weighted by Crippen LogP contribution is -2.38. The van der Waals surface area contributed by atoms with Gasteiger partial charge in [-0.2, -0.15) is 0 Å². The van der Waals surface area contributed by atoms with Crippen LogP contribution in [0.25, 0.3) is 0 Å². The topological polar surface area (TPSA) is 24.5 Å². The molecule has 0 spiro atoms. The zero-order valence-electron chi connectivity index (χ0n) is 8.04. The second-order valence-electron chi connectivity index (χ2n) is 3.22. The number of rotatable bonds is 2. The van der Waals surface area contributed by atoms with Crippen LogP contribution in [0.1, 0.15) is 0 Å². The van der Waals surface area contributed by atoms with E-state index in [9.17, 15) is 4.39 Å². The zero-order valence-corrected chi connectivity index (χ0v) is 8.80. The normalized spacial score (nSPS) is 17.7. The first kappa shape index (κ1) is 10.7. The van der Waals surface area contributed by atoms with E-state index in [1.165, 1.54) is 6.07 Å². The first-order valence-electron chi connectivity index (χ1n) is 4.65. The summed E-state index contributed by atoms with van der Waals surface area (Å²) in [6, 6.07) is 4.55. The number of anilines is 1. The van der Waals surface area contributed by atoms with Crippen LogP contribution in [0.5, 0.6) is 0 Å². The van der Waals surface area contributed by atoms with E-state index in [-0.39, 0.29) is 5.02 Å². The van der Waals surface area contributed by atoms with Crippen molar-refractivity contribution in [1.82, 2.24) is 5.01 Å². The highest BCUT2D eigenvalue weighted by molar-refractivity contribution is 6.31. The van der Waals surface area contributed by atoms with Crippen LogP contribution in [-0.4, -0.2) is 24.7 Å². The van der Waals surface area contributed by atoms with Crippen molar-refractivity contribution in [3.05, 3.63) is 35.6 Å². The second kappa shape index (κ2) is 4.79. The minimum absolute atomic E-state index is 0.122. The molecule has 1 saturated heterocycles. The SMILES string of the molecule is Fc1ccc(NN2C[CH]OCC2)cc1Cl. The van der Waals surface area contributed by atoms with Crippen molar-refractivity contribution >= 4 is 17.3 Å². The number of hydrazine groups is 1. The minimum atomic E-state index is -0.407. The summed E-state index contributed by atoms with van der Waals surface area (Å²) in [5.41, 5.74) is 3.89. The van der Waals surface area contributed by atoms with Gasteiger partial charge in [0.05, 0.1) is 23.9 Å². The summed E-state index contributed by atoms with van der Waals surface area (Å²) < 4.78 is 18.0. The van der Waals surface area contributed by atoms with Gasteiger partial charge in [0.25, 0.3) is 0 Å². The van der Waals surface area contributed by atoms with E-state index in [2.05, 4.69) is 5.43 Å². The Morgan fingerprint density at radius 2 is 2.33 bits per heavy atom. The molecule has 81 valence electrons. The Bertz CT molecular complexity index is 342. The largest absolute Gasteiger partial charge is 0.373 e. The van der Waals surface area contributed by atoms with Gasteiger partial charge < -0.3 is 10.2 Å². The molecule has 1 aromatic carbocycles. The van der Waals surface area contributed by atoms with Crippen molar-refractivity contribution in [1.29, 1.82) is 0 Å². The number of ether oxygens (including phenoxy) is 1. The molecule has 1 radical (unpaired) electrons. The van der Waals surface area contributed by atoms with Gasteiger partial charge in [-0.3, -0.25) is 0 Å². The Morgan fingerprint density at radius 1 is 1.47 bits per heavy atom. The van der Waals surface area contributed by atoms with E-state index in [4.69, 9.17) is 16.3 Å². The smallest absolute Gasteiger partial charge is 0.141 e. The number of nitrogens with one attached hydrogen (secondary N) is 1. The highest BCUT2D eigenvalue weighted by Gasteiger charge is 2.10. The van der Waals surface area contributed by atoms with E-state index in [1.807, 2.05) is 5.01 Å². The van der Waals surface area contributed by atoms with E-state index in [1.54, 1.807) is 18.7 Å². The Balaban J connectivity index is 2.00. The molecule has 0 unspecified atom stereocenters. The number of benzene rings is 1. The Kier molecular flexibility index (Phi) is 3.41. The highest BCUT2D eigenvalue weighted by Crippen LogP contribution is 2.20. The van der Waals surface area contributed by atoms with Gasteiger partial charge in [0.15, 0.2) is 0 Å². The molecular weight excluding hydrogens is 219 g/mol. The Labute approximate surface area is 92.7 Å². The molecule has 1 fully saturated rings. The maximum Gasteiger partial charge on any atom is 0.141 e. The summed E-state index contributed by atoms with van der Waals surface area (Å²) in [4.78, 5) is 0. The fourth-order valence-corrected chi connectivity index (χ4v) is 1.51. The number of hydrogen-bond donors (Lipinski definition) is 1. The molecule has 5 heteroatoms. The number of nitrogens with zero attached hydrogens (tertiary/aromatic N) is 1. The summed E-state index contributed by atoms with van der Waals surface area (Å²) in [6.45, 7) is 3.85. The molecule has 2 rings (SSSR count). The van der Waals surface area contributed by atoms with Crippen LogP contribution >= 0.6 is 11.6 Å². The van der Waals surface area contributed by atoms with Crippen LogP contribution in [0.3, 0.4) is 0 Å². The molecule has 1 aliphatic rings. The van der Waals surface area contributed by atoms with E-state index in [0.29, 0.717) is 13.2 Å². The van der Waals surface area contributed by atoms with Crippen LogP contribution < -0.4 is 5.43 Å². The van der Waals surface area contributed by atoms with Crippen LogP contribution in [0.15, 0.2) is 18.2 Å². The minimum Gasteiger partial charge on any atom is -0.373 e. The average Bonchev–Trinajstić information content (AvgIpc) is 2.25. The Hall–Kier alpha value is -0.840. The summed E-state index contributed by atoms with van der Waals surface area (Å²) in [5.74, 6) is -0.407. The number of halogens is 2. The zero-order chi connectivity index (χ0) is 10.7. The maximum atomic E-state index is 12.9. The quantitative estimate of drug-likeness (QED) is 0.842. The predicted molar refractivity (Wildman–Crippen MR) is 56.9 cm³/mol. The van der Waals surface area contributed by atoms with Crippen molar-refractivity contribution in [3.63, 3.8) is 0 Å². The van der Waals surface area contributed by atoms with Crippen LogP contribution in [0.4, 0.5) is 10.1 Å². The lowest BCUT2D eigenvalue weighted by Gasteiger charge is -2.27. The van der Waals surface area contributed by atoms with Gasteiger partial charge in [-0.05, 0) is 18.2 Å². The van der Waals surface area contributed by atoms with Crippen molar-refractivity contribution in [2.45, 2.75) is 0 Å². The van der Waals surface area contributed by atoms with Gasteiger partial charge in [-0.15, -0.1) is 0 Å². The van der Waals surface area contributed by atoms with Crippen molar-refractivity contribution in [2.24, 2.45) is 0 Å². The molecule has 0 bridgehead atoms. The van der Waals surface area contributed by atoms with Crippen LogP contribution in [-0.2, 0) is 4.74 Å². The molecule has 1 N–H and O–H groups in total. The molecule has 0 aliphatic carbocycles. The molecule has 0 atom stereocenters. The van der Waals surface area contributed by atoms with E-state index < -0.39 is 5.82 Å². The van der Waals surface area contributed by atoms with Crippen LogP contribution in [0.2, 0.25) is 5.02 Å². The second-order valence-corrected chi connectivity index (χ2v) is 3.63. The summed E-state index contributed by atoms with van der Waals surface area (Å²) in [6.07, 6.45) is 0. The molecule has 0 amide bonds. The van der Waals surface area contributed by atoms with Gasteiger partial charge in [0, 0.05) is 13.1 Å². The number of morpholine rings is 1. The van der Waals surface area contributed by atoms with Gasteiger partial charge in [-0.25, -0.2) is 9.40 Å². The van der Waals surface area contributed by atoms with Gasteiger partial charge in [0.1, 0.15) is 5.82 Å². The van der Waals surface area contributed by atoms with E-state index >= 15 is 0 Å². The van der Waals surface area contributed by atoms with Crippen molar-refractivity contribution < 1.29 is 9.13 Å². The predicted octanol–water partition coefficient (Wildman–Crippen LogP) is 2.30. The summed E-state index contributed by atoms with van der Waals surface area (Å²) in [5, 5.41) is 2.09. The fourth-order valence-electron chi connectivity index (χ4n) is 1.33. The molecule has 1 aromatic rings. The maximum absolute atomic E-state index is 12.9. The molecule has 0 saturated carbocycles. The molecule has 15 heavy (non-hydrogen) atoms. The lowest BCUT2D eigenvalue weighted by molar-refractivity contribution is 0.0999. The average molecular weight is 230 g/mol. The lowest BCUT2D eigenvalue weighted by atomic mass is 10.3. The molecule has 1 heterocycles. The third kappa shape index (κ3) is 2.81. The monoisotopic (exact) mass is 229 g/mol. The van der Waals surface area contributed by atoms with Crippen LogP contribution in [0, 0.1) is 12.4 Å². The van der Waals surface area contributed by atoms with Crippen molar-refractivity contribution in [2.75, 3.05) is 25.1 Å². The third-order valence-corrected chi connectivity index (χ3v) is 2.39. The molecule has 3 nitrogen and oxygen atoms in total. The molecule has 0 aromatic heterocycles. The van der Waals surface area contributed by atoms with Crippen molar-refractivity contribution in [3.8, 4) is 0 Å². The van der Waals surface area contributed by atoms with Gasteiger partial charge in [0.2, 0.25) is 0 Å². The standard InChI is InChI=1S/C10H11ClFN2O/c11-9-7-8(1-2-10(9)12)13-14-3-5-15-6-4-14/h1-2,5,7,13H,3-4,6H2. The molecule has 1 aliphatic heterocycles. The number of hydrogen-bond acceptors (Lipinski definition) is 3. The Morgan fingerprint density at radius 3 is 3.00 bits per heavy atom. The third-order valence-electron chi connectivity index (χ3n) is 2.10.